The maximum atomic E-state index is 12.9. The van der Waals surface area contributed by atoms with Gasteiger partial charge in [0.25, 0.3) is 7.82 Å². The molecule has 2 N–H and O–H groups in total. The number of quaternary nitrogens is 1. The van der Waals surface area contributed by atoms with Crippen LogP contribution in [0.15, 0.2) is 12.2 Å². The summed E-state index contributed by atoms with van der Waals surface area (Å²) >= 11 is 0. The summed E-state index contributed by atoms with van der Waals surface area (Å²) in [5, 5.41) is 13.9. The molecule has 370 valence electrons. The van der Waals surface area contributed by atoms with Crippen LogP contribution in [-0.2, 0) is 18.4 Å². The highest BCUT2D eigenvalue weighted by molar-refractivity contribution is 7.45. The van der Waals surface area contributed by atoms with Gasteiger partial charge < -0.3 is 28.8 Å². The van der Waals surface area contributed by atoms with E-state index < -0.39 is 20.0 Å². The molecule has 0 aromatic rings. The van der Waals surface area contributed by atoms with Crippen LogP contribution in [0.5, 0.6) is 0 Å². The van der Waals surface area contributed by atoms with Crippen molar-refractivity contribution >= 4 is 13.7 Å². The van der Waals surface area contributed by atoms with E-state index >= 15 is 0 Å². The molecule has 0 aromatic carbocycles. The van der Waals surface area contributed by atoms with E-state index in [0.29, 0.717) is 23.9 Å². The Morgan fingerprint density at radius 1 is 0.548 bits per heavy atom. The van der Waals surface area contributed by atoms with E-state index in [1.807, 2.05) is 21.1 Å². The van der Waals surface area contributed by atoms with Crippen molar-refractivity contribution in [1.29, 1.82) is 0 Å². The van der Waals surface area contributed by atoms with Gasteiger partial charge in [0, 0.05) is 6.42 Å². The minimum atomic E-state index is -4.56. The fraction of sp³-hybridized carbons (Fsp3) is 0.943. The van der Waals surface area contributed by atoms with Crippen molar-refractivity contribution in [2.24, 2.45) is 0 Å². The summed E-state index contributed by atoms with van der Waals surface area (Å²) < 4.78 is 23.3. The van der Waals surface area contributed by atoms with Gasteiger partial charge in [-0.2, -0.15) is 0 Å². The topological polar surface area (TPSA) is 108 Å². The molecule has 62 heavy (non-hydrogen) atoms. The molecule has 0 aromatic heterocycles. The SMILES string of the molecule is CCCCCCCCCCCCCC/C=C\CCCCCCCCCCCCCCCC(=O)NC(COP(=O)([O-])OCC[N+](C)(C)C)C(O)CCCCCCCCCCCCC. The van der Waals surface area contributed by atoms with Gasteiger partial charge in [0.2, 0.25) is 5.91 Å². The van der Waals surface area contributed by atoms with Crippen LogP contribution in [0.25, 0.3) is 0 Å². The van der Waals surface area contributed by atoms with E-state index in [4.69, 9.17) is 9.05 Å². The highest BCUT2D eigenvalue weighted by Crippen LogP contribution is 2.38. The van der Waals surface area contributed by atoms with Crippen LogP contribution >= 0.6 is 7.82 Å². The van der Waals surface area contributed by atoms with Crippen LogP contribution in [0, 0.1) is 0 Å². The first kappa shape index (κ1) is 61.2. The number of rotatable bonds is 50. The number of allylic oxidation sites excluding steroid dienone is 2. The maximum Gasteiger partial charge on any atom is 0.268 e. The van der Waals surface area contributed by atoms with Crippen molar-refractivity contribution in [1.82, 2.24) is 5.32 Å². The zero-order valence-corrected chi connectivity index (χ0v) is 43.0. The zero-order chi connectivity index (χ0) is 45.7. The monoisotopic (exact) mass is 899 g/mol. The summed E-state index contributed by atoms with van der Waals surface area (Å²) in [6.45, 7) is 4.74. The molecule has 1 amide bonds. The predicted octanol–water partition coefficient (Wildman–Crippen LogP) is 15.2. The summed E-state index contributed by atoms with van der Waals surface area (Å²) in [5.41, 5.74) is 0. The largest absolute Gasteiger partial charge is 0.756 e. The van der Waals surface area contributed by atoms with Gasteiger partial charge in [-0.05, 0) is 38.5 Å². The average Bonchev–Trinajstić information content (AvgIpc) is 3.23. The Morgan fingerprint density at radius 2 is 0.887 bits per heavy atom. The molecule has 0 radical (unpaired) electrons. The lowest BCUT2D eigenvalue weighted by atomic mass is 10.0. The Balaban J connectivity index is 4.01. The summed E-state index contributed by atoms with van der Waals surface area (Å²) in [5.74, 6) is -0.162. The average molecular weight is 899 g/mol. The van der Waals surface area contributed by atoms with E-state index in [1.54, 1.807) is 0 Å². The number of nitrogens with one attached hydrogen (secondary N) is 1. The Bertz CT molecular complexity index is 1020. The fourth-order valence-electron chi connectivity index (χ4n) is 8.21. The molecular formula is C53H107N2O6P. The van der Waals surface area contributed by atoms with Crippen molar-refractivity contribution in [3.63, 3.8) is 0 Å². The lowest BCUT2D eigenvalue weighted by Crippen LogP contribution is -2.46. The van der Waals surface area contributed by atoms with Crippen LogP contribution in [0.3, 0.4) is 0 Å². The number of likely N-dealkylation sites (N-methyl/N-ethyl adjacent to an activating group) is 1. The van der Waals surface area contributed by atoms with Crippen molar-refractivity contribution in [2.75, 3.05) is 40.9 Å². The highest BCUT2D eigenvalue weighted by Gasteiger charge is 2.24. The molecule has 0 rings (SSSR count). The second-order valence-corrected chi connectivity index (χ2v) is 21.4. The Morgan fingerprint density at radius 3 is 1.26 bits per heavy atom. The number of phosphoric ester groups is 1. The number of phosphoric acid groups is 1. The lowest BCUT2D eigenvalue weighted by molar-refractivity contribution is -0.870. The number of unbranched alkanes of at least 4 members (excludes halogenated alkanes) is 35. The van der Waals surface area contributed by atoms with Gasteiger partial charge in [-0.3, -0.25) is 9.36 Å². The number of hydrogen-bond acceptors (Lipinski definition) is 6. The minimum Gasteiger partial charge on any atom is -0.756 e. The van der Waals surface area contributed by atoms with Crippen molar-refractivity contribution in [3.05, 3.63) is 12.2 Å². The van der Waals surface area contributed by atoms with E-state index in [-0.39, 0.29) is 19.1 Å². The Hall–Kier alpha value is -0.760. The molecule has 3 unspecified atom stereocenters. The van der Waals surface area contributed by atoms with Crippen molar-refractivity contribution < 1.29 is 32.9 Å². The maximum absolute atomic E-state index is 12.9. The smallest absolute Gasteiger partial charge is 0.268 e. The van der Waals surface area contributed by atoms with Crippen molar-refractivity contribution in [2.45, 2.75) is 283 Å². The number of aliphatic hydroxyl groups excluding tert-OH is 1. The summed E-state index contributed by atoms with van der Waals surface area (Å²) in [7, 11) is 1.31. The second-order valence-electron chi connectivity index (χ2n) is 19.9. The number of carbonyl (C=O) groups is 1. The van der Waals surface area contributed by atoms with Crippen LogP contribution in [0.1, 0.15) is 271 Å². The fourth-order valence-corrected chi connectivity index (χ4v) is 8.94. The van der Waals surface area contributed by atoms with Crippen LogP contribution in [-0.4, -0.2) is 68.5 Å². The molecule has 9 heteroatoms. The highest BCUT2D eigenvalue weighted by atomic mass is 31.2. The zero-order valence-electron chi connectivity index (χ0n) is 42.1. The van der Waals surface area contributed by atoms with Gasteiger partial charge in [-0.15, -0.1) is 0 Å². The Labute approximate surface area is 386 Å². The van der Waals surface area contributed by atoms with Crippen molar-refractivity contribution in [3.8, 4) is 0 Å². The van der Waals surface area contributed by atoms with Gasteiger partial charge in [0.1, 0.15) is 13.2 Å². The van der Waals surface area contributed by atoms with Gasteiger partial charge in [-0.1, -0.05) is 238 Å². The van der Waals surface area contributed by atoms with Crippen LogP contribution in [0.4, 0.5) is 0 Å². The standard InChI is InChI=1S/C53H107N2O6P/c1-6-8-10-12-14-16-18-19-20-21-22-23-24-25-26-27-28-29-30-31-32-33-34-35-37-39-41-43-45-47-53(57)54-51(50-61-62(58,59)60-49-48-55(3,4)5)52(56)46-44-42-40-38-36-17-15-13-11-9-7-2/h25-26,51-52,56H,6-24,27-50H2,1-5H3,(H-,54,57,58,59)/b26-25-. The van der Waals surface area contributed by atoms with Gasteiger partial charge in [-0.25, -0.2) is 0 Å². The lowest BCUT2D eigenvalue weighted by Gasteiger charge is -2.30. The summed E-state index contributed by atoms with van der Waals surface area (Å²) in [6, 6.07) is -0.796. The van der Waals surface area contributed by atoms with E-state index in [9.17, 15) is 19.4 Å². The number of nitrogens with zero attached hydrogens (tertiary/aromatic N) is 1. The quantitative estimate of drug-likeness (QED) is 0.0272. The first-order chi connectivity index (χ1) is 30.0. The molecule has 8 nitrogen and oxygen atoms in total. The minimum absolute atomic E-state index is 0.0145. The van der Waals surface area contributed by atoms with Crippen LogP contribution in [0.2, 0.25) is 0 Å². The number of amides is 1. The van der Waals surface area contributed by atoms with Gasteiger partial charge in [0.15, 0.2) is 0 Å². The number of aliphatic hydroxyl groups is 1. The molecule has 0 heterocycles. The first-order valence-electron chi connectivity index (χ1n) is 27.0. The van der Waals surface area contributed by atoms with E-state index in [2.05, 4.69) is 31.3 Å². The predicted molar refractivity (Wildman–Crippen MR) is 266 cm³/mol. The molecule has 0 aliphatic rings. The third-order valence-electron chi connectivity index (χ3n) is 12.5. The molecule has 0 aliphatic heterocycles. The first-order valence-corrected chi connectivity index (χ1v) is 28.5. The molecule has 3 atom stereocenters. The third kappa shape index (κ3) is 47.2. The molecule has 0 spiro atoms. The Kier molecular flexibility index (Phi) is 44.8. The third-order valence-corrected chi connectivity index (χ3v) is 13.5. The summed E-state index contributed by atoms with van der Waals surface area (Å²) in [6.07, 6.45) is 53.9. The normalized spacial score (nSPS) is 14.1. The molecule has 0 fully saturated rings. The number of hydrogen-bond donors (Lipinski definition) is 2. The molecular weight excluding hydrogens is 792 g/mol. The number of carbonyl (C=O) groups excluding carboxylic acids is 1. The second kappa shape index (κ2) is 45.4. The van der Waals surface area contributed by atoms with E-state index in [1.165, 1.54) is 205 Å². The van der Waals surface area contributed by atoms with Gasteiger partial charge in [0.05, 0.1) is 39.9 Å². The molecule has 0 aliphatic carbocycles. The molecule has 0 saturated carbocycles. The van der Waals surface area contributed by atoms with E-state index in [0.717, 1.165) is 38.5 Å². The molecule has 0 saturated heterocycles. The summed E-state index contributed by atoms with van der Waals surface area (Å²) in [4.78, 5) is 25.4. The van der Waals surface area contributed by atoms with Gasteiger partial charge >= 0.3 is 0 Å². The van der Waals surface area contributed by atoms with Crippen LogP contribution < -0.4 is 10.2 Å². The molecule has 0 bridgehead atoms.